The van der Waals surface area contributed by atoms with Gasteiger partial charge in [-0.15, -0.1) is 0 Å². The first kappa shape index (κ1) is 19.9. The van der Waals surface area contributed by atoms with Crippen molar-refractivity contribution in [3.05, 3.63) is 69.3 Å². The number of rotatable bonds is 8. The molecule has 0 unspecified atom stereocenters. The molecule has 0 fully saturated rings. The third kappa shape index (κ3) is 5.27. The van der Waals surface area contributed by atoms with Gasteiger partial charge in [-0.25, -0.2) is 9.59 Å². The highest BCUT2D eigenvalue weighted by atomic mass is 16.6. The van der Waals surface area contributed by atoms with E-state index in [9.17, 15) is 19.7 Å². The number of nitro benzene ring substituents is 1. The Morgan fingerprint density at radius 3 is 2.19 bits per heavy atom. The molecule has 0 bridgehead atoms. The third-order valence-corrected chi connectivity index (χ3v) is 3.51. The first-order valence-corrected chi connectivity index (χ1v) is 8.30. The monoisotopic (exact) mass is 373 g/mol. The minimum atomic E-state index is -0.796. The summed E-state index contributed by atoms with van der Waals surface area (Å²) in [4.78, 5) is 34.6. The Labute approximate surface area is 155 Å². The molecule has 0 N–H and O–H groups in total. The van der Waals surface area contributed by atoms with E-state index in [1.165, 1.54) is 6.07 Å². The zero-order valence-corrected chi connectivity index (χ0v) is 15.0. The lowest BCUT2D eigenvalue weighted by molar-refractivity contribution is -0.384. The number of nitrogens with zero attached hydrogens (tertiary/aromatic N) is 1. The van der Waals surface area contributed by atoms with Crippen LogP contribution in [0.3, 0.4) is 0 Å². The fourth-order valence-corrected chi connectivity index (χ4v) is 2.31. The SMILES string of the molecule is CCOC(=O)c1cc(C(=O)OCc2ccccc2OCC)cc([N+](=O)[O-])c1. The second kappa shape index (κ2) is 9.33. The number of hydrogen-bond acceptors (Lipinski definition) is 7. The minimum absolute atomic E-state index is 0.0769. The van der Waals surface area contributed by atoms with Crippen LogP contribution in [-0.4, -0.2) is 30.1 Å². The molecule has 0 aliphatic heterocycles. The second-order valence-electron chi connectivity index (χ2n) is 5.36. The molecule has 0 aliphatic rings. The molecule has 0 atom stereocenters. The van der Waals surface area contributed by atoms with E-state index >= 15 is 0 Å². The maximum absolute atomic E-state index is 12.4. The van der Waals surface area contributed by atoms with Crippen molar-refractivity contribution in [3.63, 3.8) is 0 Å². The van der Waals surface area contributed by atoms with E-state index in [0.717, 1.165) is 12.1 Å². The molecule has 0 amide bonds. The van der Waals surface area contributed by atoms with Gasteiger partial charge < -0.3 is 14.2 Å². The molecule has 8 heteroatoms. The third-order valence-electron chi connectivity index (χ3n) is 3.51. The summed E-state index contributed by atoms with van der Waals surface area (Å²) in [7, 11) is 0. The highest BCUT2D eigenvalue weighted by molar-refractivity contribution is 5.96. The van der Waals surface area contributed by atoms with Crippen LogP contribution in [0.5, 0.6) is 5.75 Å². The quantitative estimate of drug-likeness (QED) is 0.396. The number of benzene rings is 2. The van der Waals surface area contributed by atoms with Crippen molar-refractivity contribution in [2.24, 2.45) is 0 Å². The number of carbonyl (C=O) groups excluding carboxylic acids is 2. The van der Waals surface area contributed by atoms with Crippen molar-refractivity contribution in [3.8, 4) is 5.75 Å². The smallest absolute Gasteiger partial charge is 0.338 e. The van der Waals surface area contributed by atoms with Crippen LogP contribution >= 0.6 is 0 Å². The number of para-hydroxylation sites is 1. The van der Waals surface area contributed by atoms with Crippen LogP contribution in [0.25, 0.3) is 0 Å². The average molecular weight is 373 g/mol. The summed E-state index contributed by atoms with van der Waals surface area (Å²) in [5, 5.41) is 11.1. The maximum atomic E-state index is 12.4. The molecule has 0 saturated carbocycles. The first-order chi connectivity index (χ1) is 13.0. The average Bonchev–Trinajstić information content (AvgIpc) is 2.67. The van der Waals surface area contributed by atoms with Crippen LogP contribution in [0, 0.1) is 10.1 Å². The summed E-state index contributed by atoms with van der Waals surface area (Å²) in [6, 6.07) is 10.4. The van der Waals surface area contributed by atoms with Crippen molar-refractivity contribution in [1.29, 1.82) is 0 Å². The van der Waals surface area contributed by atoms with Gasteiger partial charge in [-0.3, -0.25) is 10.1 Å². The van der Waals surface area contributed by atoms with Crippen molar-refractivity contribution in [2.75, 3.05) is 13.2 Å². The topological polar surface area (TPSA) is 105 Å². The van der Waals surface area contributed by atoms with Crippen LogP contribution < -0.4 is 4.74 Å². The molecule has 2 aromatic carbocycles. The second-order valence-corrected chi connectivity index (χ2v) is 5.36. The molecule has 0 saturated heterocycles. The Kier molecular flexibility index (Phi) is 6.87. The van der Waals surface area contributed by atoms with E-state index in [2.05, 4.69) is 0 Å². The highest BCUT2D eigenvalue weighted by Gasteiger charge is 2.20. The van der Waals surface area contributed by atoms with E-state index in [0.29, 0.717) is 17.9 Å². The Bertz CT molecular complexity index is 848. The molecule has 2 aromatic rings. The Hall–Kier alpha value is -3.42. The van der Waals surface area contributed by atoms with Crippen LogP contribution in [0.2, 0.25) is 0 Å². The Balaban J connectivity index is 2.22. The number of nitro groups is 1. The predicted molar refractivity (Wildman–Crippen MR) is 95.8 cm³/mol. The lowest BCUT2D eigenvalue weighted by Crippen LogP contribution is -2.10. The van der Waals surface area contributed by atoms with Crippen LogP contribution in [0.15, 0.2) is 42.5 Å². The molecule has 8 nitrogen and oxygen atoms in total. The number of ether oxygens (including phenoxy) is 3. The maximum Gasteiger partial charge on any atom is 0.338 e. The van der Waals surface area contributed by atoms with Gasteiger partial charge in [-0.1, -0.05) is 18.2 Å². The zero-order valence-electron chi connectivity index (χ0n) is 15.0. The highest BCUT2D eigenvalue weighted by Crippen LogP contribution is 2.22. The summed E-state index contributed by atoms with van der Waals surface area (Å²) in [6.45, 7) is 3.93. The van der Waals surface area contributed by atoms with Gasteiger partial charge in [0.15, 0.2) is 0 Å². The van der Waals surface area contributed by atoms with Crippen LogP contribution in [0.4, 0.5) is 5.69 Å². The van der Waals surface area contributed by atoms with Crippen molar-refractivity contribution >= 4 is 17.6 Å². The van der Waals surface area contributed by atoms with Crippen molar-refractivity contribution < 1.29 is 28.7 Å². The number of hydrogen-bond donors (Lipinski definition) is 0. The van der Waals surface area contributed by atoms with Gasteiger partial charge in [0.25, 0.3) is 5.69 Å². The molecular weight excluding hydrogens is 354 g/mol. The van der Waals surface area contributed by atoms with Gasteiger partial charge in [-0.05, 0) is 26.0 Å². The van der Waals surface area contributed by atoms with Gasteiger partial charge in [-0.2, -0.15) is 0 Å². The predicted octanol–water partition coefficient (Wildman–Crippen LogP) is 3.53. The molecule has 0 aliphatic carbocycles. The molecule has 0 radical (unpaired) electrons. The fourth-order valence-electron chi connectivity index (χ4n) is 2.31. The van der Waals surface area contributed by atoms with Gasteiger partial charge in [0.05, 0.1) is 29.3 Å². The normalized spacial score (nSPS) is 10.1. The van der Waals surface area contributed by atoms with Crippen LogP contribution in [-0.2, 0) is 16.1 Å². The lowest BCUT2D eigenvalue weighted by Gasteiger charge is -2.11. The van der Waals surface area contributed by atoms with Gasteiger partial charge in [0.2, 0.25) is 0 Å². The zero-order chi connectivity index (χ0) is 19.8. The summed E-state index contributed by atoms with van der Waals surface area (Å²) >= 11 is 0. The van der Waals surface area contributed by atoms with Gasteiger partial charge in [0.1, 0.15) is 12.4 Å². The van der Waals surface area contributed by atoms with E-state index < -0.39 is 22.5 Å². The summed E-state index contributed by atoms with van der Waals surface area (Å²) in [5.41, 5.74) is 0.0554. The molecule has 27 heavy (non-hydrogen) atoms. The van der Waals surface area contributed by atoms with Gasteiger partial charge in [0, 0.05) is 17.7 Å². The number of non-ortho nitro benzene ring substituents is 1. The molecule has 142 valence electrons. The Morgan fingerprint density at radius 2 is 1.59 bits per heavy atom. The van der Waals surface area contributed by atoms with Crippen molar-refractivity contribution in [1.82, 2.24) is 0 Å². The molecule has 2 rings (SSSR count). The van der Waals surface area contributed by atoms with Crippen LogP contribution in [0.1, 0.15) is 40.1 Å². The Morgan fingerprint density at radius 1 is 0.963 bits per heavy atom. The number of esters is 2. The first-order valence-electron chi connectivity index (χ1n) is 8.30. The number of carbonyl (C=O) groups is 2. The summed E-state index contributed by atoms with van der Waals surface area (Å²) < 4.78 is 15.5. The largest absolute Gasteiger partial charge is 0.493 e. The molecule has 0 heterocycles. The minimum Gasteiger partial charge on any atom is -0.493 e. The fraction of sp³-hybridized carbons (Fsp3) is 0.263. The van der Waals surface area contributed by atoms with Gasteiger partial charge >= 0.3 is 11.9 Å². The van der Waals surface area contributed by atoms with E-state index in [4.69, 9.17) is 14.2 Å². The summed E-state index contributed by atoms with van der Waals surface area (Å²) in [5.74, 6) is -0.966. The molecular formula is C19H19NO7. The molecule has 0 aromatic heterocycles. The van der Waals surface area contributed by atoms with Crippen molar-refractivity contribution in [2.45, 2.75) is 20.5 Å². The van der Waals surface area contributed by atoms with E-state index in [-0.39, 0.29) is 24.3 Å². The van der Waals surface area contributed by atoms with E-state index in [1.807, 2.05) is 6.92 Å². The summed E-state index contributed by atoms with van der Waals surface area (Å²) in [6.07, 6.45) is 0. The lowest BCUT2D eigenvalue weighted by atomic mass is 10.1. The standard InChI is InChI=1S/C19H19NO7/c1-3-25-17-8-6-5-7-13(17)12-27-19(22)15-9-14(18(21)26-4-2)10-16(11-15)20(23)24/h5-11H,3-4,12H2,1-2H3. The molecule has 0 spiro atoms. The van der Waals surface area contributed by atoms with E-state index in [1.54, 1.807) is 31.2 Å².